The highest BCUT2D eigenvalue weighted by Gasteiger charge is 2.48. The fraction of sp³-hybridized carbons (Fsp3) is 0.938. The quantitative estimate of drug-likeness (QED) is 0.391. The van der Waals surface area contributed by atoms with Gasteiger partial charge in [0.1, 0.15) is 0 Å². The summed E-state index contributed by atoms with van der Waals surface area (Å²) in [5.74, 6) is 4.34. The number of nitrogens with zero attached hydrogens (tertiary/aromatic N) is 1. The average Bonchev–Trinajstić information content (AvgIpc) is 2.49. The van der Waals surface area contributed by atoms with Crippen molar-refractivity contribution in [2.75, 3.05) is 31.7 Å². The Morgan fingerprint density at radius 3 is 2.55 bits per heavy atom. The normalized spacial score (nSPS) is 28.5. The van der Waals surface area contributed by atoms with E-state index in [1.807, 2.05) is 7.11 Å². The number of methoxy groups -OCH3 is 1. The first-order valence-corrected chi connectivity index (χ1v) is 9.38. The molecule has 1 aliphatic heterocycles. The highest BCUT2D eigenvalue weighted by molar-refractivity contribution is 14.0. The van der Waals surface area contributed by atoms with Crippen molar-refractivity contribution < 1.29 is 4.74 Å². The third-order valence-electron chi connectivity index (χ3n) is 4.97. The van der Waals surface area contributed by atoms with Crippen LogP contribution in [0.2, 0.25) is 0 Å². The van der Waals surface area contributed by atoms with Gasteiger partial charge in [0.2, 0.25) is 0 Å². The zero-order valence-corrected chi connectivity index (χ0v) is 17.5. The van der Waals surface area contributed by atoms with Gasteiger partial charge in [0, 0.05) is 31.7 Å². The minimum atomic E-state index is 0. The summed E-state index contributed by atoms with van der Waals surface area (Å²) in [6.07, 6.45) is 4.05. The molecule has 6 heteroatoms. The molecule has 130 valence electrons. The molecule has 0 amide bonds. The molecule has 1 aliphatic carbocycles. The Morgan fingerprint density at radius 1 is 1.32 bits per heavy atom. The molecule has 0 spiro atoms. The number of halogens is 1. The largest absolute Gasteiger partial charge is 0.381 e. The molecule has 0 bridgehead atoms. The molecule has 2 N–H and O–H groups in total. The second kappa shape index (κ2) is 9.57. The molecule has 22 heavy (non-hydrogen) atoms. The SMILES string of the molecule is CCNC(=NCC1CCSCC1)NC1CC(OC)C1(C)C.I. The maximum atomic E-state index is 5.53. The Hall–Kier alpha value is 0.310. The lowest BCUT2D eigenvalue weighted by Gasteiger charge is -2.51. The van der Waals surface area contributed by atoms with Crippen LogP contribution in [0.4, 0.5) is 0 Å². The van der Waals surface area contributed by atoms with Crippen molar-refractivity contribution >= 4 is 41.7 Å². The maximum absolute atomic E-state index is 5.53. The fourth-order valence-corrected chi connectivity index (χ4v) is 4.37. The third kappa shape index (κ3) is 5.16. The van der Waals surface area contributed by atoms with E-state index >= 15 is 0 Å². The molecule has 0 aromatic rings. The van der Waals surface area contributed by atoms with Crippen LogP contribution in [0.5, 0.6) is 0 Å². The molecule has 1 heterocycles. The Morgan fingerprint density at radius 2 is 2.00 bits per heavy atom. The summed E-state index contributed by atoms with van der Waals surface area (Å²) in [6, 6.07) is 0.446. The van der Waals surface area contributed by atoms with Crippen LogP contribution in [0.15, 0.2) is 4.99 Å². The van der Waals surface area contributed by atoms with Crippen molar-refractivity contribution in [1.82, 2.24) is 10.6 Å². The molecule has 2 aliphatic rings. The summed E-state index contributed by atoms with van der Waals surface area (Å²) in [6.45, 7) is 8.52. The van der Waals surface area contributed by atoms with Crippen LogP contribution >= 0.6 is 35.7 Å². The van der Waals surface area contributed by atoms with E-state index in [1.165, 1.54) is 24.3 Å². The van der Waals surface area contributed by atoms with Crippen LogP contribution in [0.1, 0.15) is 40.0 Å². The first kappa shape index (κ1) is 20.4. The lowest BCUT2D eigenvalue weighted by atomic mass is 9.64. The Balaban J connectivity index is 0.00000242. The van der Waals surface area contributed by atoms with E-state index < -0.39 is 0 Å². The van der Waals surface area contributed by atoms with Gasteiger partial charge in [-0.2, -0.15) is 11.8 Å². The van der Waals surface area contributed by atoms with Crippen LogP contribution in [0.25, 0.3) is 0 Å². The van der Waals surface area contributed by atoms with Gasteiger partial charge in [0.05, 0.1) is 6.10 Å². The van der Waals surface area contributed by atoms with Crippen molar-refractivity contribution in [2.24, 2.45) is 16.3 Å². The van der Waals surface area contributed by atoms with Gasteiger partial charge < -0.3 is 15.4 Å². The van der Waals surface area contributed by atoms with E-state index in [0.29, 0.717) is 12.1 Å². The van der Waals surface area contributed by atoms with Crippen LogP contribution in [-0.4, -0.2) is 49.8 Å². The predicted octanol–water partition coefficient (Wildman–Crippen LogP) is 3.12. The summed E-state index contributed by atoms with van der Waals surface area (Å²) in [5, 5.41) is 6.99. The molecular formula is C16H32IN3OS. The first-order chi connectivity index (χ1) is 10.1. The Kier molecular flexibility index (Phi) is 8.85. The highest BCUT2D eigenvalue weighted by Crippen LogP contribution is 2.42. The van der Waals surface area contributed by atoms with Crippen molar-refractivity contribution in [3.8, 4) is 0 Å². The van der Waals surface area contributed by atoms with Crippen LogP contribution < -0.4 is 10.6 Å². The standard InChI is InChI=1S/C16H31N3OS.HI/c1-5-17-15(18-11-12-6-8-21-9-7-12)19-13-10-14(20-4)16(13,2)3;/h12-14H,5-11H2,1-4H3,(H2,17,18,19);1H. The molecule has 0 aromatic heterocycles. The number of rotatable bonds is 5. The summed E-state index contributed by atoms with van der Waals surface area (Å²) in [5.41, 5.74) is 0.173. The lowest BCUT2D eigenvalue weighted by Crippen LogP contribution is -2.63. The van der Waals surface area contributed by atoms with Crippen LogP contribution in [0, 0.1) is 11.3 Å². The zero-order chi connectivity index (χ0) is 15.3. The van der Waals surface area contributed by atoms with Gasteiger partial charge in [0.25, 0.3) is 0 Å². The summed E-state index contributed by atoms with van der Waals surface area (Å²) < 4.78 is 5.53. The minimum Gasteiger partial charge on any atom is -0.381 e. The van der Waals surface area contributed by atoms with Crippen molar-refractivity contribution in [3.05, 3.63) is 0 Å². The summed E-state index contributed by atoms with van der Waals surface area (Å²) in [7, 11) is 1.81. The topological polar surface area (TPSA) is 45.7 Å². The van der Waals surface area contributed by atoms with Crippen LogP contribution in [-0.2, 0) is 4.74 Å². The number of thioether (sulfide) groups is 1. The molecular weight excluding hydrogens is 409 g/mol. The predicted molar refractivity (Wildman–Crippen MR) is 108 cm³/mol. The molecule has 0 radical (unpaired) electrons. The van der Waals surface area contributed by atoms with Gasteiger partial charge in [-0.15, -0.1) is 24.0 Å². The van der Waals surface area contributed by atoms with E-state index in [1.54, 1.807) is 0 Å². The molecule has 2 rings (SSSR count). The van der Waals surface area contributed by atoms with Crippen molar-refractivity contribution in [2.45, 2.75) is 52.2 Å². The number of aliphatic imine (C=N–C) groups is 1. The maximum Gasteiger partial charge on any atom is 0.191 e. The van der Waals surface area contributed by atoms with E-state index in [2.05, 4.69) is 43.2 Å². The number of hydrogen-bond acceptors (Lipinski definition) is 3. The van der Waals surface area contributed by atoms with Crippen LogP contribution in [0.3, 0.4) is 0 Å². The first-order valence-electron chi connectivity index (χ1n) is 8.23. The highest BCUT2D eigenvalue weighted by atomic mass is 127. The van der Waals surface area contributed by atoms with Crippen molar-refractivity contribution in [3.63, 3.8) is 0 Å². The van der Waals surface area contributed by atoms with E-state index in [4.69, 9.17) is 9.73 Å². The molecule has 1 saturated heterocycles. The van der Waals surface area contributed by atoms with Gasteiger partial charge in [-0.1, -0.05) is 13.8 Å². The lowest BCUT2D eigenvalue weighted by molar-refractivity contribution is -0.0922. The van der Waals surface area contributed by atoms with Gasteiger partial charge in [-0.3, -0.25) is 4.99 Å². The van der Waals surface area contributed by atoms with E-state index in [-0.39, 0.29) is 29.4 Å². The van der Waals surface area contributed by atoms with Gasteiger partial charge in [-0.05, 0) is 43.6 Å². The van der Waals surface area contributed by atoms with E-state index in [9.17, 15) is 0 Å². The van der Waals surface area contributed by atoms with Gasteiger partial charge in [-0.25, -0.2) is 0 Å². The molecule has 1 saturated carbocycles. The molecule has 2 fully saturated rings. The summed E-state index contributed by atoms with van der Waals surface area (Å²) >= 11 is 2.08. The van der Waals surface area contributed by atoms with E-state index in [0.717, 1.165) is 31.4 Å². The van der Waals surface area contributed by atoms with Gasteiger partial charge in [0.15, 0.2) is 5.96 Å². The molecule has 2 unspecified atom stereocenters. The minimum absolute atomic E-state index is 0. The average molecular weight is 441 g/mol. The molecule has 0 aromatic carbocycles. The smallest absolute Gasteiger partial charge is 0.191 e. The second-order valence-electron chi connectivity index (χ2n) is 6.75. The Labute approximate surface area is 157 Å². The summed E-state index contributed by atoms with van der Waals surface area (Å²) in [4.78, 5) is 4.82. The number of nitrogens with one attached hydrogen (secondary N) is 2. The second-order valence-corrected chi connectivity index (χ2v) is 7.98. The number of hydrogen-bond donors (Lipinski definition) is 2. The third-order valence-corrected chi connectivity index (χ3v) is 6.01. The van der Waals surface area contributed by atoms with Gasteiger partial charge >= 0.3 is 0 Å². The molecule has 2 atom stereocenters. The zero-order valence-electron chi connectivity index (χ0n) is 14.4. The fourth-order valence-electron chi connectivity index (χ4n) is 3.16. The van der Waals surface area contributed by atoms with Crippen molar-refractivity contribution in [1.29, 1.82) is 0 Å². The number of guanidine groups is 1. The molecule has 4 nitrogen and oxygen atoms in total. The monoisotopic (exact) mass is 441 g/mol. The number of ether oxygens (including phenoxy) is 1. The Bertz CT molecular complexity index is 359.